The van der Waals surface area contributed by atoms with Crippen LogP contribution in [0.1, 0.15) is 59.3 Å². The number of nitrogens with zero attached hydrogens (tertiary/aromatic N) is 3. The van der Waals surface area contributed by atoms with Gasteiger partial charge in [-0.15, -0.1) is 0 Å². The maximum absolute atomic E-state index is 13.7. The van der Waals surface area contributed by atoms with Crippen LogP contribution in [0.4, 0.5) is 0 Å². The molecule has 0 atom stereocenters. The number of Topliss-reactive ketones (excluding diaryl/α,β-unsaturated/α-hetero) is 1. The van der Waals surface area contributed by atoms with Crippen molar-refractivity contribution in [1.29, 1.82) is 5.26 Å². The summed E-state index contributed by atoms with van der Waals surface area (Å²) in [5.74, 6) is -0.295. The highest BCUT2D eigenvalue weighted by Gasteiger charge is 2.29. The first kappa shape index (κ1) is 23.7. The van der Waals surface area contributed by atoms with Crippen LogP contribution in [0.15, 0.2) is 47.4 Å². The zero-order valence-corrected chi connectivity index (χ0v) is 20.4. The number of benzene rings is 2. The number of hydrogen-bond donors (Lipinski definition) is 0. The Balaban J connectivity index is 1.89. The predicted molar refractivity (Wildman–Crippen MR) is 129 cm³/mol. The smallest absolute Gasteiger partial charge is 0.268 e. The van der Waals surface area contributed by atoms with Gasteiger partial charge in [-0.25, -0.2) is 12.4 Å². The van der Waals surface area contributed by atoms with E-state index in [-0.39, 0.29) is 22.4 Å². The molecule has 0 unspecified atom stereocenters. The molecule has 1 amide bonds. The molecule has 0 saturated carbocycles. The van der Waals surface area contributed by atoms with Gasteiger partial charge in [-0.1, -0.05) is 17.7 Å². The minimum Gasteiger partial charge on any atom is -0.343 e. The molecule has 3 aromatic rings. The molecule has 176 valence electrons. The van der Waals surface area contributed by atoms with E-state index < -0.39 is 22.2 Å². The summed E-state index contributed by atoms with van der Waals surface area (Å²) < 4.78 is 28.5. The molecule has 2 heterocycles. The molecule has 1 aliphatic rings. The molecule has 0 spiro atoms. The highest BCUT2D eigenvalue weighted by Crippen LogP contribution is 2.35. The molecule has 1 aromatic heterocycles. The third-order valence-corrected chi connectivity index (χ3v) is 8.35. The van der Waals surface area contributed by atoms with E-state index in [0.717, 1.165) is 33.5 Å². The fourth-order valence-corrected chi connectivity index (χ4v) is 6.26. The molecule has 0 bridgehead atoms. The van der Waals surface area contributed by atoms with Crippen molar-refractivity contribution in [3.8, 4) is 6.07 Å². The van der Waals surface area contributed by atoms with E-state index in [1.165, 1.54) is 12.1 Å². The van der Waals surface area contributed by atoms with Crippen LogP contribution in [0, 0.1) is 25.2 Å². The molecule has 1 aliphatic heterocycles. The summed E-state index contributed by atoms with van der Waals surface area (Å²) in [6.07, 6.45) is 1.17. The van der Waals surface area contributed by atoms with E-state index in [0.29, 0.717) is 24.0 Å². The SMILES string of the molecule is CC(=O)N1CCC(c2cc3c(cc2C)cc(C(=O)CC#N)n3S(=O)(=O)c2ccc(C)cc2)CC1. The van der Waals surface area contributed by atoms with Gasteiger partial charge in [-0.05, 0) is 74.1 Å². The number of rotatable bonds is 5. The second-order valence-corrected chi connectivity index (χ2v) is 10.7. The van der Waals surface area contributed by atoms with Crippen LogP contribution in [0.5, 0.6) is 0 Å². The van der Waals surface area contributed by atoms with Gasteiger partial charge >= 0.3 is 0 Å². The Bertz CT molecular complexity index is 1420. The van der Waals surface area contributed by atoms with Crippen molar-refractivity contribution in [2.45, 2.75) is 50.8 Å². The van der Waals surface area contributed by atoms with Crippen molar-refractivity contribution in [2.75, 3.05) is 13.1 Å². The summed E-state index contributed by atoms with van der Waals surface area (Å²) in [7, 11) is -4.08. The molecule has 34 heavy (non-hydrogen) atoms. The summed E-state index contributed by atoms with van der Waals surface area (Å²) in [6.45, 7) is 6.74. The van der Waals surface area contributed by atoms with Gasteiger partial charge in [0, 0.05) is 25.4 Å². The number of fused-ring (bicyclic) bond motifs is 1. The lowest BCUT2D eigenvalue weighted by molar-refractivity contribution is -0.129. The van der Waals surface area contributed by atoms with E-state index in [1.807, 2.05) is 36.9 Å². The lowest BCUT2D eigenvalue weighted by Gasteiger charge is -2.32. The number of aromatic nitrogens is 1. The van der Waals surface area contributed by atoms with Crippen LogP contribution in [0.3, 0.4) is 0 Å². The number of amides is 1. The van der Waals surface area contributed by atoms with E-state index >= 15 is 0 Å². The maximum atomic E-state index is 13.7. The van der Waals surface area contributed by atoms with Gasteiger partial charge in [0.1, 0.15) is 12.1 Å². The molecular weight excluding hydrogens is 450 g/mol. The van der Waals surface area contributed by atoms with Crippen LogP contribution in [-0.2, 0) is 14.8 Å². The van der Waals surface area contributed by atoms with Gasteiger partial charge in [-0.3, -0.25) is 9.59 Å². The van der Waals surface area contributed by atoms with Gasteiger partial charge in [-0.2, -0.15) is 5.26 Å². The van der Waals surface area contributed by atoms with E-state index in [2.05, 4.69) is 0 Å². The fourth-order valence-electron chi connectivity index (χ4n) is 4.74. The average molecular weight is 478 g/mol. The zero-order valence-electron chi connectivity index (χ0n) is 19.5. The second kappa shape index (κ2) is 9.07. The summed E-state index contributed by atoms with van der Waals surface area (Å²) in [5, 5.41) is 9.71. The fraction of sp³-hybridized carbons (Fsp3) is 0.346. The van der Waals surface area contributed by atoms with Crippen LogP contribution in [-0.4, -0.2) is 42.1 Å². The molecule has 1 fully saturated rings. The quantitative estimate of drug-likeness (QED) is 0.510. The van der Waals surface area contributed by atoms with Crippen molar-refractivity contribution in [1.82, 2.24) is 8.87 Å². The summed E-state index contributed by atoms with van der Waals surface area (Å²) in [6, 6.07) is 13.7. The zero-order chi connectivity index (χ0) is 24.6. The predicted octanol–water partition coefficient (Wildman–Crippen LogP) is 4.32. The summed E-state index contributed by atoms with van der Waals surface area (Å²) in [5.41, 5.74) is 3.37. The largest absolute Gasteiger partial charge is 0.343 e. The molecule has 7 nitrogen and oxygen atoms in total. The van der Waals surface area contributed by atoms with E-state index in [9.17, 15) is 18.0 Å². The Morgan fingerprint density at radius 1 is 1.06 bits per heavy atom. The Morgan fingerprint density at radius 3 is 2.29 bits per heavy atom. The van der Waals surface area contributed by atoms with Crippen LogP contribution >= 0.6 is 0 Å². The monoisotopic (exact) mass is 477 g/mol. The number of nitriles is 1. The number of hydrogen-bond acceptors (Lipinski definition) is 5. The number of piperidine rings is 1. The average Bonchev–Trinajstić information content (AvgIpc) is 3.18. The first-order valence-corrected chi connectivity index (χ1v) is 12.7. The van der Waals surface area contributed by atoms with E-state index in [4.69, 9.17) is 5.26 Å². The molecule has 2 aromatic carbocycles. The molecule has 0 N–H and O–H groups in total. The molecule has 4 rings (SSSR count). The number of likely N-dealkylation sites (tertiary alicyclic amines) is 1. The number of ketones is 1. The first-order chi connectivity index (χ1) is 16.1. The van der Waals surface area contributed by atoms with E-state index in [1.54, 1.807) is 25.1 Å². The Morgan fingerprint density at radius 2 is 1.71 bits per heavy atom. The second-order valence-electron chi connectivity index (χ2n) is 8.92. The van der Waals surface area contributed by atoms with Gasteiger partial charge in [0.15, 0.2) is 5.78 Å². The number of carbonyl (C=O) groups is 2. The normalized spacial score (nSPS) is 14.8. The third-order valence-electron chi connectivity index (χ3n) is 6.61. The van der Waals surface area contributed by atoms with Crippen molar-refractivity contribution in [3.05, 3.63) is 64.8 Å². The van der Waals surface area contributed by atoms with Crippen molar-refractivity contribution < 1.29 is 18.0 Å². The number of aryl methyl sites for hydroxylation is 2. The van der Waals surface area contributed by atoms with Gasteiger partial charge in [0.2, 0.25) is 5.91 Å². The third kappa shape index (κ3) is 4.24. The summed E-state index contributed by atoms with van der Waals surface area (Å²) >= 11 is 0. The van der Waals surface area contributed by atoms with Gasteiger partial charge in [0.05, 0.1) is 16.5 Å². The Labute approximate surface area is 199 Å². The van der Waals surface area contributed by atoms with Crippen molar-refractivity contribution in [3.63, 3.8) is 0 Å². The minimum absolute atomic E-state index is 0.0138. The Kier molecular flexibility index (Phi) is 6.32. The van der Waals surface area contributed by atoms with Crippen LogP contribution < -0.4 is 0 Å². The Hall–Kier alpha value is -3.44. The van der Waals surface area contributed by atoms with Gasteiger partial charge < -0.3 is 4.90 Å². The van der Waals surface area contributed by atoms with Crippen molar-refractivity contribution >= 4 is 32.6 Å². The minimum atomic E-state index is -4.08. The molecule has 0 radical (unpaired) electrons. The van der Waals surface area contributed by atoms with Crippen LogP contribution in [0.2, 0.25) is 0 Å². The lowest BCUT2D eigenvalue weighted by atomic mass is 9.86. The molecular formula is C26H27N3O4S. The highest BCUT2D eigenvalue weighted by atomic mass is 32.2. The van der Waals surface area contributed by atoms with Crippen LogP contribution in [0.25, 0.3) is 10.9 Å². The summed E-state index contributed by atoms with van der Waals surface area (Å²) in [4.78, 5) is 26.4. The topological polar surface area (TPSA) is 100 Å². The van der Waals surface area contributed by atoms with Crippen molar-refractivity contribution in [2.24, 2.45) is 0 Å². The number of carbonyl (C=O) groups excluding carboxylic acids is 2. The molecule has 0 aliphatic carbocycles. The molecule has 8 heteroatoms. The van der Waals surface area contributed by atoms with Gasteiger partial charge in [0.25, 0.3) is 10.0 Å². The highest BCUT2D eigenvalue weighted by molar-refractivity contribution is 7.90. The lowest BCUT2D eigenvalue weighted by Crippen LogP contribution is -2.36. The molecule has 1 saturated heterocycles. The first-order valence-electron chi connectivity index (χ1n) is 11.3. The standard InChI is InChI=1S/C26H27N3O4S/c1-17-4-6-22(7-5-17)34(32,33)29-24-16-23(20-9-12-28(13-10-20)19(3)30)18(2)14-21(24)15-25(29)26(31)8-11-27/h4-7,14-16,20H,8-10,12-13H2,1-3H3. The maximum Gasteiger partial charge on any atom is 0.268 e.